The average molecular weight is 317 g/mol. The lowest BCUT2D eigenvalue weighted by atomic mass is 10.3. The molecule has 1 aliphatic rings. The number of alkyl halides is 3. The Morgan fingerprint density at radius 3 is 2.67 bits per heavy atom. The Morgan fingerprint density at radius 2 is 2.10 bits per heavy atom. The van der Waals surface area contributed by atoms with E-state index in [0.29, 0.717) is 12.6 Å². The fourth-order valence-electron chi connectivity index (χ4n) is 1.87. The molecular weight excluding hydrogens is 305 g/mol. The second-order valence-corrected chi connectivity index (χ2v) is 5.38. The maximum atomic E-state index is 12.5. The van der Waals surface area contributed by atoms with Crippen molar-refractivity contribution in [2.24, 2.45) is 0 Å². The Hall–Kier alpha value is -1.60. The quantitative estimate of drug-likeness (QED) is 0.942. The minimum absolute atomic E-state index is 0.183. The number of aromatic nitrogens is 3. The summed E-state index contributed by atoms with van der Waals surface area (Å²) >= 11 is 6.09. The van der Waals surface area contributed by atoms with Crippen LogP contribution in [0.15, 0.2) is 24.7 Å². The van der Waals surface area contributed by atoms with Crippen LogP contribution in [0.25, 0.3) is 5.82 Å². The maximum absolute atomic E-state index is 12.5. The lowest BCUT2D eigenvalue weighted by Crippen LogP contribution is -2.15. The van der Waals surface area contributed by atoms with E-state index in [-0.39, 0.29) is 10.8 Å². The molecule has 0 amide bonds. The van der Waals surface area contributed by atoms with Crippen molar-refractivity contribution in [1.29, 1.82) is 0 Å². The molecule has 3 rings (SSSR count). The standard InChI is InChI=1S/C13H12ClF3N4/c14-11-3-8(4-18-10-1-2-10)5-19-12(11)21-7-9(6-20-21)13(15,16)17/h3,5-7,10,18H,1-2,4H2. The average Bonchev–Trinajstić information content (AvgIpc) is 3.10. The number of nitrogens with one attached hydrogen (secondary N) is 1. The summed E-state index contributed by atoms with van der Waals surface area (Å²) in [5.41, 5.74) is 0.0543. The molecular formula is C13H12ClF3N4. The molecule has 0 saturated heterocycles. The SMILES string of the molecule is FC(F)(F)c1cnn(-c2ncc(CNC3CC3)cc2Cl)c1. The van der Waals surface area contributed by atoms with Crippen LogP contribution in [0.3, 0.4) is 0 Å². The van der Waals surface area contributed by atoms with Gasteiger partial charge in [0.15, 0.2) is 5.82 Å². The number of pyridine rings is 1. The molecule has 21 heavy (non-hydrogen) atoms. The van der Waals surface area contributed by atoms with Crippen molar-refractivity contribution in [3.8, 4) is 5.82 Å². The number of hydrogen-bond acceptors (Lipinski definition) is 3. The van der Waals surface area contributed by atoms with Gasteiger partial charge in [-0.1, -0.05) is 11.6 Å². The lowest BCUT2D eigenvalue weighted by Gasteiger charge is -2.07. The molecule has 0 atom stereocenters. The molecule has 0 bridgehead atoms. The van der Waals surface area contributed by atoms with Crippen LogP contribution in [0.1, 0.15) is 24.0 Å². The molecule has 0 aliphatic heterocycles. The van der Waals surface area contributed by atoms with Gasteiger partial charge in [0.2, 0.25) is 0 Å². The molecule has 0 radical (unpaired) electrons. The first kappa shape index (κ1) is 14.3. The van der Waals surface area contributed by atoms with E-state index in [2.05, 4.69) is 15.4 Å². The summed E-state index contributed by atoms with van der Waals surface area (Å²) in [5.74, 6) is 0.183. The molecule has 1 saturated carbocycles. The van der Waals surface area contributed by atoms with Gasteiger partial charge in [-0.05, 0) is 24.5 Å². The summed E-state index contributed by atoms with van der Waals surface area (Å²) in [6, 6.07) is 2.25. The van der Waals surface area contributed by atoms with Crippen molar-refractivity contribution >= 4 is 11.6 Å². The first-order valence-electron chi connectivity index (χ1n) is 6.43. The summed E-state index contributed by atoms with van der Waals surface area (Å²) in [4.78, 5) is 4.10. The molecule has 1 fully saturated rings. The van der Waals surface area contributed by atoms with Gasteiger partial charge in [-0.25, -0.2) is 9.67 Å². The number of rotatable bonds is 4. The Labute approximate surface area is 123 Å². The third-order valence-corrected chi connectivity index (χ3v) is 3.46. The maximum Gasteiger partial charge on any atom is 0.419 e. The van der Waals surface area contributed by atoms with Gasteiger partial charge >= 0.3 is 6.18 Å². The molecule has 1 aliphatic carbocycles. The molecule has 2 aromatic rings. The summed E-state index contributed by atoms with van der Waals surface area (Å²) in [7, 11) is 0. The van der Waals surface area contributed by atoms with Crippen molar-refractivity contribution in [3.05, 3.63) is 40.8 Å². The minimum atomic E-state index is -4.43. The Kier molecular flexibility index (Phi) is 3.62. The predicted octanol–water partition coefficient (Wildman–Crippen LogP) is 3.19. The van der Waals surface area contributed by atoms with Crippen LogP contribution < -0.4 is 5.32 Å². The van der Waals surface area contributed by atoms with E-state index >= 15 is 0 Å². The highest BCUT2D eigenvalue weighted by Crippen LogP contribution is 2.30. The van der Waals surface area contributed by atoms with Gasteiger partial charge in [0.25, 0.3) is 0 Å². The van der Waals surface area contributed by atoms with E-state index in [4.69, 9.17) is 11.6 Å². The van der Waals surface area contributed by atoms with Gasteiger partial charge in [-0.2, -0.15) is 18.3 Å². The van der Waals surface area contributed by atoms with Crippen LogP contribution in [-0.4, -0.2) is 20.8 Å². The molecule has 2 heterocycles. The zero-order valence-corrected chi connectivity index (χ0v) is 11.6. The minimum Gasteiger partial charge on any atom is -0.310 e. The zero-order valence-electron chi connectivity index (χ0n) is 10.9. The van der Waals surface area contributed by atoms with Crippen LogP contribution >= 0.6 is 11.6 Å². The zero-order chi connectivity index (χ0) is 15.0. The van der Waals surface area contributed by atoms with Crippen molar-refractivity contribution in [1.82, 2.24) is 20.1 Å². The molecule has 0 spiro atoms. The highest BCUT2D eigenvalue weighted by molar-refractivity contribution is 6.32. The Morgan fingerprint density at radius 1 is 1.33 bits per heavy atom. The molecule has 2 aromatic heterocycles. The number of nitrogens with zero attached hydrogens (tertiary/aromatic N) is 3. The fourth-order valence-corrected chi connectivity index (χ4v) is 2.15. The van der Waals surface area contributed by atoms with E-state index in [1.54, 1.807) is 12.3 Å². The van der Waals surface area contributed by atoms with Crippen LogP contribution in [0, 0.1) is 0 Å². The van der Waals surface area contributed by atoms with Gasteiger partial charge in [0.1, 0.15) is 0 Å². The van der Waals surface area contributed by atoms with Gasteiger partial charge in [0.05, 0.1) is 16.8 Å². The Balaban J connectivity index is 1.79. The largest absolute Gasteiger partial charge is 0.419 e. The van der Waals surface area contributed by atoms with Crippen LogP contribution in [0.2, 0.25) is 5.02 Å². The van der Waals surface area contributed by atoms with E-state index < -0.39 is 11.7 Å². The molecule has 112 valence electrons. The Bertz CT molecular complexity index is 649. The predicted molar refractivity (Wildman–Crippen MR) is 71.2 cm³/mol. The fraction of sp³-hybridized carbons (Fsp3) is 0.385. The van der Waals surface area contributed by atoms with Crippen LogP contribution in [0.5, 0.6) is 0 Å². The summed E-state index contributed by atoms with van der Waals surface area (Å²) in [6.07, 6.45) is 1.13. The molecule has 8 heteroatoms. The highest BCUT2D eigenvalue weighted by Gasteiger charge is 2.32. The summed E-state index contributed by atoms with van der Waals surface area (Å²) in [5, 5.41) is 7.24. The first-order chi connectivity index (χ1) is 9.93. The summed E-state index contributed by atoms with van der Waals surface area (Å²) in [6.45, 7) is 0.643. The van der Waals surface area contributed by atoms with Crippen molar-refractivity contribution in [2.75, 3.05) is 0 Å². The van der Waals surface area contributed by atoms with Crippen molar-refractivity contribution in [2.45, 2.75) is 31.6 Å². The second-order valence-electron chi connectivity index (χ2n) is 4.98. The van der Waals surface area contributed by atoms with Gasteiger partial charge in [-0.3, -0.25) is 0 Å². The van der Waals surface area contributed by atoms with E-state index in [0.717, 1.165) is 22.6 Å². The molecule has 4 nitrogen and oxygen atoms in total. The monoisotopic (exact) mass is 316 g/mol. The first-order valence-corrected chi connectivity index (χ1v) is 6.81. The van der Waals surface area contributed by atoms with Crippen LogP contribution in [0.4, 0.5) is 13.2 Å². The number of halogens is 4. The third kappa shape index (κ3) is 3.36. The van der Waals surface area contributed by atoms with E-state index in [1.807, 2.05) is 0 Å². The molecule has 1 N–H and O–H groups in total. The molecule has 0 aromatic carbocycles. The molecule has 0 unspecified atom stereocenters. The smallest absolute Gasteiger partial charge is 0.310 e. The van der Waals surface area contributed by atoms with Gasteiger partial charge in [-0.15, -0.1) is 0 Å². The lowest BCUT2D eigenvalue weighted by molar-refractivity contribution is -0.137. The van der Waals surface area contributed by atoms with Gasteiger partial charge in [0, 0.05) is 25.0 Å². The topological polar surface area (TPSA) is 42.7 Å². The normalized spacial score (nSPS) is 15.4. The highest BCUT2D eigenvalue weighted by atomic mass is 35.5. The van der Waals surface area contributed by atoms with Crippen LogP contribution in [-0.2, 0) is 12.7 Å². The number of hydrogen-bond donors (Lipinski definition) is 1. The second kappa shape index (κ2) is 5.31. The third-order valence-electron chi connectivity index (χ3n) is 3.18. The van der Waals surface area contributed by atoms with E-state index in [1.165, 1.54) is 12.8 Å². The van der Waals surface area contributed by atoms with Gasteiger partial charge < -0.3 is 5.32 Å². The van der Waals surface area contributed by atoms with Crippen molar-refractivity contribution < 1.29 is 13.2 Å². The summed E-state index contributed by atoms with van der Waals surface area (Å²) < 4.78 is 38.7. The van der Waals surface area contributed by atoms with Crippen molar-refractivity contribution in [3.63, 3.8) is 0 Å². The van der Waals surface area contributed by atoms with E-state index in [9.17, 15) is 13.2 Å².